The lowest BCUT2D eigenvalue weighted by Crippen LogP contribution is -2.34. The van der Waals surface area contributed by atoms with E-state index in [1.165, 1.54) is 6.92 Å². The third-order valence-electron chi connectivity index (χ3n) is 3.28. The number of alkyl carbamates (subject to hydrolysis) is 1. The van der Waals surface area contributed by atoms with E-state index in [0.29, 0.717) is 6.07 Å². The standard InChI is InChI=1S/C17H20F5NO2/c1-10(11-5-13(17(20,21)22)7-14(19)6-11)12(8-18)9-23-15(24)25-16(2,3)4/h5-8,10H,9H2,1-4H3,(H,23,24)/b12-8-. The van der Waals surface area contributed by atoms with Gasteiger partial charge in [0.1, 0.15) is 11.4 Å². The number of amides is 1. The smallest absolute Gasteiger partial charge is 0.416 e. The highest BCUT2D eigenvalue weighted by Gasteiger charge is 2.32. The Kier molecular flexibility index (Phi) is 6.56. The fraction of sp³-hybridized carbons (Fsp3) is 0.471. The maximum Gasteiger partial charge on any atom is 0.416 e. The van der Waals surface area contributed by atoms with Crippen LogP contribution < -0.4 is 5.32 Å². The lowest BCUT2D eigenvalue weighted by Gasteiger charge is -2.21. The zero-order valence-corrected chi connectivity index (χ0v) is 14.3. The van der Waals surface area contributed by atoms with E-state index in [4.69, 9.17) is 4.74 Å². The molecule has 0 spiro atoms. The molecule has 1 rings (SSSR count). The number of alkyl halides is 3. The molecule has 1 aromatic carbocycles. The van der Waals surface area contributed by atoms with Crippen LogP contribution in [0.4, 0.5) is 26.7 Å². The molecule has 0 saturated heterocycles. The molecule has 0 radical (unpaired) electrons. The fourth-order valence-electron chi connectivity index (χ4n) is 2.01. The summed E-state index contributed by atoms with van der Waals surface area (Å²) in [5.74, 6) is -1.95. The van der Waals surface area contributed by atoms with Gasteiger partial charge in [-0.1, -0.05) is 6.92 Å². The van der Waals surface area contributed by atoms with Gasteiger partial charge in [0, 0.05) is 12.5 Å². The lowest BCUT2D eigenvalue weighted by molar-refractivity contribution is -0.137. The molecule has 0 saturated carbocycles. The summed E-state index contributed by atoms with van der Waals surface area (Å²) in [7, 11) is 0. The Morgan fingerprint density at radius 3 is 2.32 bits per heavy atom. The molecule has 0 heterocycles. The molecule has 8 heteroatoms. The minimum absolute atomic E-state index is 0.0235. The van der Waals surface area contributed by atoms with E-state index in [1.54, 1.807) is 20.8 Å². The van der Waals surface area contributed by atoms with Gasteiger partial charge in [-0.3, -0.25) is 0 Å². The van der Waals surface area contributed by atoms with Crippen LogP contribution >= 0.6 is 0 Å². The van der Waals surface area contributed by atoms with E-state index < -0.39 is 35.2 Å². The third-order valence-corrected chi connectivity index (χ3v) is 3.28. The molecule has 1 unspecified atom stereocenters. The lowest BCUT2D eigenvalue weighted by atomic mass is 9.92. The number of hydrogen-bond acceptors (Lipinski definition) is 2. The number of halogens is 5. The molecule has 1 N–H and O–H groups in total. The largest absolute Gasteiger partial charge is 0.444 e. The van der Waals surface area contributed by atoms with Crippen LogP contribution in [0, 0.1) is 5.82 Å². The molecule has 0 aliphatic heterocycles. The number of ether oxygens (including phenoxy) is 1. The van der Waals surface area contributed by atoms with Crippen molar-refractivity contribution in [1.82, 2.24) is 5.32 Å². The molecule has 1 aromatic rings. The van der Waals surface area contributed by atoms with Gasteiger partial charge in [0.15, 0.2) is 0 Å². The van der Waals surface area contributed by atoms with Gasteiger partial charge in [0.05, 0.1) is 11.9 Å². The van der Waals surface area contributed by atoms with Gasteiger partial charge in [-0.05, 0) is 50.1 Å². The van der Waals surface area contributed by atoms with E-state index in [2.05, 4.69) is 5.32 Å². The van der Waals surface area contributed by atoms with Gasteiger partial charge < -0.3 is 10.1 Å². The highest BCUT2D eigenvalue weighted by atomic mass is 19.4. The summed E-state index contributed by atoms with van der Waals surface area (Å²) in [5.41, 5.74) is -1.99. The minimum Gasteiger partial charge on any atom is -0.444 e. The summed E-state index contributed by atoms with van der Waals surface area (Å²) < 4.78 is 70.0. The Labute approximate surface area is 142 Å². The van der Waals surface area contributed by atoms with Crippen LogP contribution in [0.25, 0.3) is 0 Å². The van der Waals surface area contributed by atoms with Crippen molar-refractivity contribution in [2.75, 3.05) is 6.54 Å². The van der Waals surface area contributed by atoms with Gasteiger partial charge >= 0.3 is 12.3 Å². The van der Waals surface area contributed by atoms with Crippen molar-refractivity contribution in [2.24, 2.45) is 0 Å². The van der Waals surface area contributed by atoms with Gasteiger partial charge in [0.2, 0.25) is 0 Å². The highest BCUT2D eigenvalue weighted by molar-refractivity contribution is 5.68. The number of carbonyl (C=O) groups excluding carboxylic acids is 1. The minimum atomic E-state index is -4.72. The van der Waals surface area contributed by atoms with Crippen LogP contribution in [0.5, 0.6) is 0 Å². The maximum atomic E-state index is 13.5. The van der Waals surface area contributed by atoms with Crippen LogP contribution in [-0.2, 0) is 10.9 Å². The van der Waals surface area contributed by atoms with Crippen molar-refractivity contribution >= 4 is 6.09 Å². The van der Waals surface area contributed by atoms with Gasteiger partial charge in [-0.25, -0.2) is 13.6 Å². The zero-order chi connectivity index (χ0) is 19.4. The van der Waals surface area contributed by atoms with Gasteiger partial charge in [-0.15, -0.1) is 0 Å². The number of nitrogens with one attached hydrogen (secondary N) is 1. The van der Waals surface area contributed by atoms with Crippen LogP contribution in [0.3, 0.4) is 0 Å². The van der Waals surface area contributed by atoms with Crippen LogP contribution in [0.2, 0.25) is 0 Å². The van der Waals surface area contributed by atoms with E-state index >= 15 is 0 Å². The predicted molar refractivity (Wildman–Crippen MR) is 83.2 cm³/mol. The number of benzene rings is 1. The first-order chi connectivity index (χ1) is 11.3. The average Bonchev–Trinajstić information content (AvgIpc) is 2.44. The molecule has 0 aliphatic carbocycles. The molecule has 3 nitrogen and oxygen atoms in total. The molecule has 1 amide bonds. The Balaban J connectivity index is 2.91. The van der Waals surface area contributed by atoms with Crippen molar-refractivity contribution in [3.8, 4) is 0 Å². The first-order valence-electron chi connectivity index (χ1n) is 7.47. The molecule has 0 aliphatic rings. The Hall–Kier alpha value is -2.12. The number of carbonyl (C=O) groups is 1. The maximum absolute atomic E-state index is 13.5. The topological polar surface area (TPSA) is 38.3 Å². The SMILES string of the molecule is CC(/C(=C\F)CNC(=O)OC(C)(C)C)c1cc(F)cc(C(F)(F)F)c1. The molecule has 0 aromatic heterocycles. The molecular formula is C17H20F5NO2. The second-order valence-electron chi connectivity index (χ2n) is 6.53. The predicted octanol–water partition coefficient (Wildman–Crippen LogP) is 5.33. The second-order valence-corrected chi connectivity index (χ2v) is 6.53. The molecule has 1 atom stereocenters. The average molecular weight is 365 g/mol. The summed E-state index contributed by atoms with van der Waals surface area (Å²) in [6.07, 6.45) is -5.33. The first-order valence-corrected chi connectivity index (χ1v) is 7.47. The Bertz CT molecular complexity index is 647. The third kappa shape index (κ3) is 6.72. The van der Waals surface area contributed by atoms with Gasteiger partial charge in [0.25, 0.3) is 0 Å². The quantitative estimate of drug-likeness (QED) is 0.733. The fourth-order valence-corrected chi connectivity index (χ4v) is 2.01. The molecule has 0 fully saturated rings. The van der Waals surface area contributed by atoms with Crippen molar-refractivity contribution in [2.45, 2.75) is 45.4 Å². The monoisotopic (exact) mass is 365 g/mol. The van der Waals surface area contributed by atoms with E-state index in [9.17, 15) is 26.7 Å². The van der Waals surface area contributed by atoms with Gasteiger partial charge in [-0.2, -0.15) is 13.2 Å². The first kappa shape index (κ1) is 20.9. The molecular weight excluding hydrogens is 345 g/mol. The molecule has 25 heavy (non-hydrogen) atoms. The van der Waals surface area contributed by atoms with E-state index in [1.807, 2.05) is 0 Å². The van der Waals surface area contributed by atoms with Crippen molar-refractivity contribution < 1.29 is 31.5 Å². The highest BCUT2D eigenvalue weighted by Crippen LogP contribution is 2.33. The molecule has 140 valence electrons. The zero-order valence-electron chi connectivity index (χ0n) is 14.3. The molecule has 0 bridgehead atoms. The summed E-state index contributed by atoms with van der Waals surface area (Å²) in [4.78, 5) is 11.6. The van der Waals surface area contributed by atoms with Crippen LogP contribution in [0.15, 0.2) is 30.1 Å². The van der Waals surface area contributed by atoms with E-state index in [0.717, 1.165) is 12.1 Å². The Morgan fingerprint density at radius 2 is 1.84 bits per heavy atom. The van der Waals surface area contributed by atoms with Crippen molar-refractivity contribution in [3.63, 3.8) is 0 Å². The van der Waals surface area contributed by atoms with Crippen LogP contribution in [-0.4, -0.2) is 18.2 Å². The summed E-state index contributed by atoms with van der Waals surface area (Å²) in [6.45, 7) is 6.06. The number of rotatable bonds is 4. The van der Waals surface area contributed by atoms with Crippen molar-refractivity contribution in [3.05, 3.63) is 47.0 Å². The second kappa shape index (κ2) is 7.84. The summed E-state index contributed by atoms with van der Waals surface area (Å²) in [6, 6.07) is 2.02. The van der Waals surface area contributed by atoms with Crippen LogP contribution in [0.1, 0.15) is 44.7 Å². The van der Waals surface area contributed by atoms with E-state index in [-0.39, 0.29) is 24.0 Å². The summed E-state index contributed by atoms with van der Waals surface area (Å²) in [5, 5.41) is 2.31. The van der Waals surface area contributed by atoms with Crippen molar-refractivity contribution in [1.29, 1.82) is 0 Å². The number of hydrogen-bond donors (Lipinski definition) is 1. The summed E-state index contributed by atoms with van der Waals surface area (Å²) >= 11 is 0. The normalized spacial score (nSPS) is 14.2. The Morgan fingerprint density at radius 1 is 1.24 bits per heavy atom.